The summed E-state index contributed by atoms with van der Waals surface area (Å²) in [4.78, 5) is 58.0. The van der Waals surface area contributed by atoms with E-state index in [0.717, 1.165) is 38.5 Å². The smallest absolute Gasteiger partial charge is 0.472 e. The van der Waals surface area contributed by atoms with Crippen LogP contribution in [-0.4, -0.2) is 65.7 Å². The van der Waals surface area contributed by atoms with E-state index in [2.05, 4.69) is 42.7 Å². The fraction of sp³-hybridized carbons (Fsp3) is 0.714. The number of ketones is 1. The second-order valence-electron chi connectivity index (χ2n) is 13.8. The number of carbonyl (C=O) groups excluding carboxylic acids is 3. The summed E-state index contributed by atoms with van der Waals surface area (Å²) in [6.07, 6.45) is 36.2. The van der Waals surface area contributed by atoms with Gasteiger partial charge >= 0.3 is 25.7 Å². The van der Waals surface area contributed by atoms with E-state index in [9.17, 15) is 28.6 Å². The van der Waals surface area contributed by atoms with Crippen LogP contribution in [0.3, 0.4) is 0 Å². The largest absolute Gasteiger partial charge is 0.480 e. The lowest BCUT2D eigenvalue weighted by molar-refractivity contribution is -0.161. The molecular weight excluding hydrogens is 725 g/mol. The molecule has 4 N–H and O–H groups in total. The van der Waals surface area contributed by atoms with Gasteiger partial charge in [-0.05, 0) is 44.6 Å². The van der Waals surface area contributed by atoms with Gasteiger partial charge in [0.15, 0.2) is 11.9 Å². The van der Waals surface area contributed by atoms with Gasteiger partial charge in [-0.1, -0.05) is 146 Å². The van der Waals surface area contributed by atoms with Crippen LogP contribution in [-0.2, 0) is 42.3 Å². The number of nitrogens with two attached hydrogens (primary N) is 1. The van der Waals surface area contributed by atoms with Crippen molar-refractivity contribution in [3.63, 3.8) is 0 Å². The SMILES string of the molecule is CCCCC/C=C\C/C=C\C/C=C\C=C\C(=O)CCCC(=O)OC[C@H](COP(=O)(O)OC[C@H](N)C(=O)O)OC(=O)CCCCCCCCCCCCCCC. The van der Waals surface area contributed by atoms with Crippen molar-refractivity contribution in [1.29, 1.82) is 0 Å². The molecule has 0 aromatic rings. The molecule has 0 rings (SSSR count). The molecule has 0 fully saturated rings. The minimum absolute atomic E-state index is 0.0670. The number of esters is 2. The highest BCUT2D eigenvalue weighted by Gasteiger charge is 2.28. The van der Waals surface area contributed by atoms with E-state index >= 15 is 0 Å². The Morgan fingerprint density at radius 2 is 1.15 bits per heavy atom. The Kier molecular flexibility index (Phi) is 34.8. The summed E-state index contributed by atoms with van der Waals surface area (Å²) in [7, 11) is -4.77. The number of ether oxygens (including phenoxy) is 2. The van der Waals surface area contributed by atoms with E-state index in [1.54, 1.807) is 12.2 Å². The zero-order valence-corrected chi connectivity index (χ0v) is 34.6. The lowest BCUT2D eigenvalue weighted by Crippen LogP contribution is -2.34. The Bertz CT molecular complexity index is 1180. The summed E-state index contributed by atoms with van der Waals surface area (Å²) in [5.74, 6) is -2.80. The summed E-state index contributed by atoms with van der Waals surface area (Å²) in [6.45, 7) is 2.51. The molecule has 13 heteroatoms. The molecule has 1 unspecified atom stereocenters. The maximum absolute atomic E-state index is 12.6. The van der Waals surface area contributed by atoms with Crippen LogP contribution in [0.15, 0.2) is 48.6 Å². The minimum Gasteiger partial charge on any atom is -0.480 e. The number of carbonyl (C=O) groups is 4. The van der Waals surface area contributed by atoms with Crippen LogP contribution in [0.2, 0.25) is 0 Å². The molecule has 0 bridgehead atoms. The van der Waals surface area contributed by atoms with E-state index in [4.69, 9.17) is 24.8 Å². The molecule has 0 saturated carbocycles. The van der Waals surface area contributed by atoms with Gasteiger partial charge in [0.2, 0.25) is 0 Å². The predicted octanol–water partition coefficient (Wildman–Crippen LogP) is 9.79. The van der Waals surface area contributed by atoms with E-state index in [0.29, 0.717) is 6.42 Å². The first-order chi connectivity index (χ1) is 26.5. The number of carboxylic acid groups (broad SMARTS) is 1. The fourth-order valence-electron chi connectivity index (χ4n) is 5.25. The zero-order valence-electron chi connectivity index (χ0n) is 33.8. The quantitative estimate of drug-likeness (QED) is 0.0134. The van der Waals surface area contributed by atoms with Crippen LogP contribution in [0.1, 0.15) is 162 Å². The molecule has 12 nitrogen and oxygen atoms in total. The third-order valence-corrected chi connectivity index (χ3v) is 9.51. The van der Waals surface area contributed by atoms with Crippen molar-refractivity contribution in [3.05, 3.63) is 48.6 Å². The van der Waals surface area contributed by atoms with Crippen molar-refractivity contribution in [2.45, 2.75) is 174 Å². The van der Waals surface area contributed by atoms with Crippen molar-refractivity contribution in [1.82, 2.24) is 0 Å². The average molecular weight is 798 g/mol. The molecule has 0 aliphatic carbocycles. The molecule has 0 saturated heterocycles. The number of hydrogen-bond donors (Lipinski definition) is 3. The maximum Gasteiger partial charge on any atom is 0.472 e. The number of unbranched alkanes of at least 4 members (excludes halogenated alkanes) is 15. The molecule has 0 aliphatic rings. The first-order valence-corrected chi connectivity index (χ1v) is 22.1. The number of phosphoric acid groups is 1. The number of allylic oxidation sites excluding steroid dienone is 8. The highest BCUT2D eigenvalue weighted by atomic mass is 31.2. The standard InChI is InChI=1S/C42H72NO11P/c1-3-5-7-9-11-13-15-17-19-21-23-25-27-30-37(44)31-29-33-40(45)51-34-38(35-52-55(49,50)53-36-39(43)42(47)48)54-41(46)32-28-26-24-22-20-18-16-14-12-10-8-6-4-2/h11,13,17,19,23,25,27,30,38-39H,3-10,12,14-16,18,20-22,24,26,28-29,31-36,43H2,1-2H3,(H,47,48)(H,49,50)/b13-11-,19-17-,25-23-,30-27+/t38-,39+/m1/s1. The van der Waals surface area contributed by atoms with Crippen molar-refractivity contribution in [2.75, 3.05) is 19.8 Å². The maximum atomic E-state index is 12.6. The lowest BCUT2D eigenvalue weighted by atomic mass is 10.0. The predicted molar refractivity (Wildman–Crippen MR) is 217 cm³/mol. The second-order valence-corrected chi connectivity index (χ2v) is 15.3. The summed E-state index contributed by atoms with van der Waals surface area (Å²) >= 11 is 0. The molecule has 0 heterocycles. The first-order valence-electron chi connectivity index (χ1n) is 20.6. The Labute approximate surface area is 331 Å². The summed E-state index contributed by atoms with van der Waals surface area (Å²) in [5, 5.41) is 8.87. The number of rotatable bonds is 38. The summed E-state index contributed by atoms with van der Waals surface area (Å²) < 4.78 is 32.4. The van der Waals surface area contributed by atoms with Crippen molar-refractivity contribution < 1.29 is 52.3 Å². The van der Waals surface area contributed by atoms with Gasteiger partial charge in [0.05, 0.1) is 13.2 Å². The Hall–Kier alpha value is -2.89. The normalized spacial score (nSPS) is 14.2. The van der Waals surface area contributed by atoms with Crippen molar-refractivity contribution in [2.24, 2.45) is 5.73 Å². The van der Waals surface area contributed by atoms with Crippen LogP contribution in [0.4, 0.5) is 0 Å². The second kappa shape index (κ2) is 36.7. The lowest BCUT2D eigenvalue weighted by Gasteiger charge is -2.20. The van der Waals surface area contributed by atoms with Crippen LogP contribution < -0.4 is 5.73 Å². The van der Waals surface area contributed by atoms with E-state index in [-0.39, 0.29) is 31.5 Å². The Morgan fingerprint density at radius 3 is 1.76 bits per heavy atom. The molecular formula is C42H72NO11P. The molecule has 55 heavy (non-hydrogen) atoms. The Morgan fingerprint density at radius 1 is 0.618 bits per heavy atom. The van der Waals surface area contributed by atoms with E-state index in [1.165, 1.54) is 83.1 Å². The zero-order chi connectivity index (χ0) is 40.8. The van der Waals surface area contributed by atoms with E-state index < -0.39 is 57.7 Å². The molecule has 316 valence electrons. The van der Waals surface area contributed by atoms with Crippen LogP contribution >= 0.6 is 7.82 Å². The monoisotopic (exact) mass is 797 g/mol. The van der Waals surface area contributed by atoms with Crippen molar-refractivity contribution in [3.8, 4) is 0 Å². The van der Waals surface area contributed by atoms with Crippen LogP contribution in [0.25, 0.3) is 0 Å². The molecule has 0 aliphatic heterocycles. The van der Waals surface area contributed by atoms with Crippen LogP contribution in [0, 0.1) is 0 Å². The van der Waals surface area contributed by atoms with Gasteiger partial charge in [0, 0.05) is 19.3 Å². The molecule has 0 spiro atoms. The Balaban J connectivity index is 4.59. The van der Waals surface area contributed by atoms with Gasteiger partial charge in [-0.2, -0.15) is 0 Å². The van der Waals surface area contributed by atoms with E-state index in [1.807, 2.05) is 6.08 Å². The highest BCUT2D eigenvalue weighted by Crippen LogP contribution is 2.43. The number of carboxylic acids is 1. The minimum atomic E-state index is -4.77. The highest BCUT2D eigenvalue weighted by molar-refractivity contribution is 7.47. The third kappa shape index (κ3) is 36.5. The van der Waals surface area contributed by atoms with Gasteiger partial charge in [-0.3, -0.25) is 28.2 Å². The first kappa shape index (κ1) is 52.1. The van der Waals surface area contributed by atoms with Gasteiger partial charge in [0.1, 0.15) is 12.6 Å². The van der Waals surface area contributed by atoms with Crippen molar-refractivity contribution >= 4 is 31.5 Å². The van der Waals surface area contributed by atoms with Crippen LogP contribution in [0.5, 0.6) is 0 Å². The molecule has 3 atom stereocenters. The summed E-state index contributed by atoms with van der Waals surface area (Å²) in [6, 6.07) is -1.55. The number of hydrogen-bond acceptors (Lipinski definition) is 10. The number of aliphatic carboxylic acids is 1. The van der Waals surface area contributed by atoms with Gasteiger partial charge < -0.3 is 25.2 Å². The average Bonchev–Trinajstić information content (AvgIpc) is 3.15. The number of phosphoric ester groups is 1. The topological polar surface area (TPSA) is 189 Å². The fourth-order valence-corrected chi connectivity index (χ4v) is 6.03. The molecule has 0 amide bonds. The van der Waals surface area contributed by atoms with Gasteiger partial charge in [0.25, 0.3) is 0 Å². The molecule has 0 aromatic heterocycles. The van der Waals surface area contributed by atoms with Gasteiger partial charge in [-0.15, -0.1) is 0 Å². The summed E-state index contributed by atoms with van der Waals surface area (Å²) in [5.41, 5.74) is 5.31. The van der Waals surface area contributed by atoms with Gasteiger partial charge in [-0.25, -0.2) is 4.57 Å². The molecule has 0 radical (unpaired) electrons. The third-order valence-electron chi connectivity index (χ3n) is 8.56. The molecule has 0 aromatic carbocycles.